The number of ether oxygens (including phenoxy) is 1. The minimum atomic E-state index is -0.566. The number of nitrogens with zero attached hydrogens (tertiary/aromatic N) is 1. The lowest BCUT2D eigenvalue weighted by Gasteiger charge is -2.42. The van der Waals surface area contributed by atoms with Gasteiger partial charge in [-0.15, -0.1) is 0 Å². The smallest absolute Gasteiger partial charge is 0.411 e. The van der Waals surface area contributed by atoms with Crippen molar-refractivity contribution < 1.29 is 14.3 Å². The maximum absolute atomic E-state index is 13.1. The lowest BCUT2D eigenvalue weighted by molar-refractivity contribution is -0.116. The molecule has 6 rings (SSSR count). The molecule has 1 heterocycles. The van der Waals surface area contributed by atoms with E-state index >= 15 is 0 Å². The van der Waals surface area contributed by atoms with Gasteiger partial charge in [-0.05, 0) is 51.9 Å². The molecule has 3 N–H and O–H groups in total. The lowest BCUT2D eigenvalue weighted by Crippen LogP contribution is -2.42. The molecular weight excluding hydrogens is 486 g/mol. The molecule has 2 aliphatic rings. The number of nitrogen functional groups attached to an aromatic ring is 1. The van der Waals surface area contributed by atoms with Crippen molar-refractivity contribution in [3.8, 4) is 11.1 Å². The average Bonchev–Trinajstić information content (AvgIpc) is 3.27. The van der Waals surface area contributed by atoms with Crippen LogP contribution in [0, 0.1) is 0 Å². The molecule has 196 valence electrons. The van der Waals surface area contributed by atoms with Gasteiger partial charge >= 0.3 is 6.09 Å². The molecule has 6 nitrogen and oxygen atoms in total. The largest absolute Gasteiger partial charge is 0.448 e. The van der Waals surface area contributed by atoms with Crippen molar-refractivity contribution in [2.45, 2.75) is 31.6 Å². The molecule has 1 unspecified atom stereocenters. The van der Waals surface area contributed by atoms with E-state index in [2.05, 4.69) is 48.6 Å². The van der Waals surface area contributed by atoms with Crippen molar-refractivity contribution in [2.75, 3.05) is 29.1 Å². The Morgan fingerprint density at radius 1 is 0.949 bits per heavy atom. The lowest BCUT2D eigenvalue weighted by atomic mass is 9.70. The van der Waals surface area contributed by atoms with Crippen molar-refractivity contribution in [3.63, 3.8) is 0 Å². The summed E-state index contributed by atoms with van der Waals surface area (Å²) in [5.41, 5.74) is 14.4. The summed E-state index contributed by atoms with van der Waals surface area (Å²) < 4.78 is 5.77. The van der Waals surface area contributed by atoms with E-state index in [1.165, 1.54) is 11.1 Å². The van der Waals surface area contributed by atoms with Gasteiger partial charge in [0.15, 0.2) is 0 Å². The van der Waals surface area contributed by atoms with Gasteiger partial charge in [0.05, 0.1) is 11.4 Å². The fourth-order valence-corrected chi connectivity index (χ4v) is 6.15. The monoisotopic (exact) mass is 517 g/mol. The minimum absolute atomic E-state index is 0.0328. The number of anilines is 3. The van der Waals surface area contributed by atoms with Gasteiger partial charge in [0.25, 0.3) is 0 Å². The van der Waals surface area contributed by atoms with Gasteiger partial charge in [0, 0.05) is 30.5 Å². The number of fused-ring (bicyclic) bond motifs is 4. The van der Waals surface area contributed by atoms with E-state index in [-0.39, 0.29) is 23.8 Å². The number of hydrogen-bond acceptors (Lipinski definition) is 4. The molecular formula is C33H31N3O3. The van der Waals surface area contributed by atoms with Gasteiger partial charge in [0.2, 0.25) is 5.91 Å². The summed E-state index contributed by atoms with van der Waals surface area (Å²) in [6.45, 7) is 4.54. The fourth-order valence-electron chi connectivity index (χ4n) is 6.15. The second-order valence-corrected chi connectivity index (χ2v) is 10.5. The third-order valence-electron chi connectivity index (χ3n) is 8.26. The van der Waals surface area contributed by atoms with E-state index in [4.69, 9.17) is 10.5 Å². The summed E-state index contributed by atoms with van der Waals surface area (Å²) in [5, 5.41) is 2.88. The molecule has 0 saturated heterocycles. The van der Waals surface area contributed by atoms with Crippen molar-refractivity contribution >= 4 is 29.1 Å². The highest BCUT2D eigenvalue weighted by atomic mass is 16.5. The predicted octanol–water partition coefficient (Wildman–Crippen LogP) is 6.69. The number of rotatable bonds is 4. The number of amides is 2. The van der Waals surface area contributed by atoms with Crippen LogP contribution in [0.1, 0.15) is 48.4 Å². The van der Waals surface area contributed by atoms with Gasteiger partial charge in [0.1, 0.15) is 6.61 Å². The van der Waals surface area contributed by atoms with Crippen LogP contribution in [0.5, 0.6) is 0 Å². The van der Waals surface area contributed by atoms with Gasteiger partial charge in [-0.1, -0.05) is 85.8 Å². The first-order valence-corrected chi connectivity index (χ1v) is 13.3. The number of nitrogens with two attached hydrogens (primary N) is 1. The highest BCUT2D eigenvalue weighted by Gasteiger charge is 2.38. The Morgan fingerprint density at radius 3 is 2.21 bits per heavy atom. The van der Waals surface area contributed by atoms with E-state index in [0.717, 1.165) is 34.4 Å². The number of carbonyl (C=O) groups is 2. The fraction of sp³-hybridized carbons (Fsp3) is 0.212. The Labute approximate surface area is 228 Å². The molecule has 39 heavy (non-hydrogen) atoms. The van der Waals surface area contributed by atoms with Gasteiger partial charge < -0.3 is 15.4 Å². The van der Waals surface area contributed by atoms with Crippen LogP contribution in [-0.4, -0.2) is 25.2 Å². The Balaban J connectivity index is 1.28. The Morgan fingerprint density at radius 2 is 1.56 bits per heavy atom. The van der Waals surface area contributed by atoms with E-state index in [1.54, 1.807) is 17.9 Å². The van der Waals surface area contributed by atoms with Crippen LogP contribution in [0.25, 0.3) is 11.1 Å². The highest BCUT2D eigenvalue weighted by molar-refractivity contribution is 5.97. The van der Waals surface area contributed by atoms with E-state index in [9.17, 15) is 9.59 Å². The maximum atomic E-state index is 13.1. The third kappa shape index (κ3) is 4.22. The van der Waals surface area contributed by atoms with E-state index in [0.29, 0.717) is 17.9 Å². The van der Waals surface area contributed by atoms with Crippen LogP contribution in [0.3, 0.4) is 0 Å². The van der Waals surface area contributed by atoms with Crippen LogP contribution < -0.4 is 16.0 Å². The predicted molar refractivity (Wildman–Crippen MR) is 155 cm³/mol. The number of nitrogens with one attached hydrogen (secondary N) is 1. The molecule has 4 aromatic carbocycles. The number of carbonyl (C=O) groups excluding carboxylic acids is 2. The zero-order valence-electron chi connectivity index (χ0n) is 22.1. The first-order valence-electron chi connectivity index (χ1n) is 13.3. The Kier molecular flexibility index (Phi) is 6.10. The van der Waals surface area contributed by atoms with E-state index in [1.807, 2.05) is 48.5 Å². The summed E-state index contributed by atoms with van der Waals surface area (Å²) >= 11 is 0. The normalized spacial score (nSPS) is 17.6. The minimum Gasteiger partial charge on any atom is -0.448 e. The molecule has 1 aliphatic heterocycles. The molecule has 2 amide bonds. The molecule has 4 aromatic rings. The summed E-state index contributed by atoms with van der Waals surface area (Å²) in [6, 6.07) is 30.4. The quantitative estimate of drug-likeness (QED) is 0.295. The van der Waals surface area contributed by atoms with Crippen LogP contribution in [0.4, 0.5) is 21.9 Å². The summed E-state index contributed by atoms with van der Waals surface area (Å²) in [5.74, 6) is -0.0717. The van der Waals surface area contributed by atoms with Gasteiger partial charge in [-0.3, -0.25) is 10.1 Å². The van der Waals surface area contributed by atoms with Gasteiger partial charge in [-0.2, -0.15) is 0 Å². The first-order chi connectivity index (χ1) is 18.9. The topological polar surface area (TPSA) is 84.7 Å². The van der Waals surface area contributed by atoms with Crippen LogP contribution >= 0.6 is 0 Å². The Hall–Kier alpha value is -4.58. The number of benzene rings is 4. The molecule has 0 radical (unpaired) electrons. The third-order valence-corrected chi connectivity index (χ3v) is 8.26. The Bertz CT molecular complexity index is 1540. The van der Waals surface area contributed by atoms with Crippen molar-refractivity contribution in [2.24, 2.45) is 0 Å². The molecule has 0 saturated carbocycles. The summed E-state index contributed by atoms with van der Waals surface area (Å²) in [7, 11) is 0. The maximum Gasteiger partial charge on any atom is 0.411 e. The molecule has 6 heteroatoms. The summed E-state index contributed by atoms with van der Waals surface area (Å²) in [6.07, 6.45) is 0.182. The van der Waals surface area contributed by atoms with Crippen LogP contribution in [0.15, 0.2) is 91.0 Å². The second kappa shape index (κ2) is 9.62. The zero-order chi connectivity index (χ0) is 27.1. The highest BCUT2D eigenvalue weighted by Crippen LogP contribution is 2.47. The molecule has 0 bridgehead atoms. The van der Waals surface area contributed by atoms with Crippen molar-refractivity contribution in [1.82, 2.24) is 0 Å². The van der Waals surface area contributed by atoms with Crippen molar-refractivity contribution in [3.05, 3.63) is 113 Å². The average molecular weight is 518 g/mol. The number of hydrogen-bond donors (Lipinski definition) is 2. The standard InChI is InChI=1S/C33H31N3O3/c1-21(37)36-17-16-33(2,22-10-4-3-5-11-22)28-18-30(29(34)19-31(28)36)35-32(38)39-20-27-25-14-8-6-12-23(25)24-13-7-9-15-26(24)27/h3-15,18-19,27H,16-17,20,34H2,1-2H3,(H,35,38). The molecule has 0 aromatic heterocycles. The van der Waals surface area contributed by atoms with Crippen LogP contribution in [0.2, 0.25) is 0 Å². The molecule has 0 spiro atoms. The van der Waals surface area contributed by atoms with E-state index < -0.39 is 6.09 Å². The first kappa shape index (κ1) is 24.7. The second-order valence-electron chi connectivity index (χ2n) is 10.5. The van der Waals surface area contributed by atoms with Crippen LogP contribution in [-0.2, 0) is 14.9 Å². The SMILES string of the molecule is CC(=O)N1CCC(C)(c2ccccc2)c2cc(NC(=O)OCC3c4ccccc4-c4ccccc43)c(N)cc21. The van der Waals surface area contributed by atoms with Crippen molar-refractivity contribution in [1.29, 1.82) is 0 Å². The van der Waals surface area contributed by atoms with Gasteiger partial charge in [-0.25, -0.2) is 4.79 Å². The zero-order valence-corrected chi connectivity index (χ0v) is 22.1. The molecule has 1 atom stereocenters. The molecule has 1 aliphatic carbocycles. The summed E-state index contributed by atoms with van der Waals surface area (Å²) in [4.78, 5) is 27.3. The molecule has 0 fully saturated rings.